The van der Waals surface area contributed by atoms with Crippen molar-refractivity contribution < 1.29 is 14.7 Å². The fourth-order valence-electron chi connectivity index (χ4n) is 3.87. The highest BCUT2D eigenvalue weighted by molar-refractivity contribution is 5.89. The number of likely N-dealkylation sites (tertiary alicyclic amines) is 2. The molecule has 2 atom stereocenters. The van der Waals surface area contributed by atoms with Gasteiger partial charge in [-0.1, -0.05) is 35.5 Å². The normalized spacial score (nSPS) is 20.9. The summed E-state index contributed by atoms with van der Waals surface area (Å²) < 4.78 is 1.71. The summed E-state index contributed by atoms with van der Waals surface area (Å²) in [5, 5.41) is 17.6. The summed E-state index contributed by atoms with van der Waals surface area (Å²) in [5.74, 6) is 0.0306. The monoisotopic (exact) mass is 383 g/mol. The van der Waals surface area contributed by atoms with Crippen LogP contribution in [0.15, 0.2) is 36.5 Å². The Hall–Kier alpha value is -2.74. The van der Waals surface area contributed by atoms with Gasteiger partial charge in [-0.25, -0.2) is 4.68 Å². The van der Waals surface area contributed by atoms with Crippen LogP contribution in [0, 0.1) is 0 Å². The van der Waals surface area contributed by atoms with E-state index in [0.717, 1.165) is 18.4 Å². The van der Waals surface area contributed by atoms with Crippen molar-refractivity contribution in [1.82, 2.24) is 24.8 Å². The van der Waals surface area contributed by atoms with Gasteiger partial charge < -0.3 is 14.9 Å². The lowest BCUT2D eigenvalue weighted by Gasteiger charge is -2.41. The van der Waals surface area contributed by atoms with E-state index in [1.165, 1.54) is 0 Å². The maximum atomic E-state index is 12.9. The average Bonchev–Trinajstić information content (AvgIpc) is 3.31. The minimum absolute atomic E-state index is 0.0111. The molecule has 1 aromatic carbocycles. The number of aliphatic hydroxyl groups excluding tert-OH is 1. The maximum absolute atomic E-state index is 12.9. The highest BCUT2D eigenvalue weighted by atomic mass is 16.3. The minimum atomic E-state index is -0.658. The Bertz CT molecular complexity index is 845. The maximum Gasteiger partial charge on any atom is 0.245 e. The van der Waals surface area contributed by atoms with E-state index in [4.69, 9.17) is 0 Å². The third kappa shape index (κ3) is 3.64. The minimum Gasteiger partial charge on any atom is -0.387 e. The van der Waals surface area contributed by atoms with Crippen molar-refractivity contribution in [2.24, 2.45) is 0 Å². The van der Waals surface area contributed by atoms with Crippen LogP contribution in [-0.2, 0) is 16.0 Å². The van der Waals surface area contributed by atoms with Gasteiger partial charge in [0.05, 0.1) is 24.8 Å². The van der Waals surface area contributed by atoms with Crippen LogP contribution in [-0.4, -0.2) is 67.4 Å². The molecule has 0 aliphatic carbocycles. The van der Waals surface area contributed by atoms with Crippen molar-refractivity contribution in [1.29, 1.82) is 0 Å². The van der Waals surface area contributed by atoms with Crippen molar-refractivity contribution in [3.63, 3.8) is 0 Å². The number of aliphatic hydroxyl groups is 1. The van der Waals surface area contributed by atoms with E-state index in [2.05, 4.69) is 10.3 Å². The summed E-state index contributed by atoms with van der Waals surface area (Å²) >= 11 is 0. The molecule has 2 aromatic rings. The molecule has 0 saturated carbocycles. The molecular weight excluding hydrogens is 358 g/mol. The fraction of sp³-hybridized carbons (Fsp3) is 0.500. The second-order valence-electron chi connectivity index (χ2n) is 7.60. The van der Waals surface area contributed by atoms with Gasteiger partial charge in [-0.15, -0.1) is 5.10 Å². The van der Waals surface area contributed by atoms with Crippen molar-refractivity contribution >= 4 is 11.8 Å². The van der Waals surface area contributed by atoms with Crippen LogP contribution >= 0.6 is 0 Å². The average molecular weight is 383 g/mol. The molecule has 148 valence electrons. The van der Waals surface area contributed by atoms with Crippen LogP contribution < -0.4 is 0 Å². The zero-order chi connectivity index (χ0) is 19.7. The lowest BCUT2D eigenvalue weighted by Crippen LogP contribution is -2.57. The van der Waals surface area contributed by atoms with Gasteiger partial charge in [-0.3, -0.25) is 9.59 Å². The van der Waals surface area contributed by atoms with E-state index in [9.17, 15) is 14.7 Å². The molecule has 1 N–H and O–H groups in total. The standard InChI is InChI=1S/C20H25N5O3/c1-14(26)17-13-25(22-21-17)16-11-23(12-16)20(28)18-8-5-9-24(18)19(27)10-15-6-3-2-4-7-15/h2-4,6-7,13-14,16,18,26H,5,8-12H2,1H3. The number of carbonyl (C=O) groups is 2. The molecule has 0 spiro atoms. The predicted molar refractivity (Wildman–Crippen MR) is 101 cm³/mol. The van der Waals surface area contributed by atoms with Gasteiger partial charge in [0.2, 0.25) is 11.8 Å². The third-order valence-corrected chi connectivity index (χ3v) is 5.56. The molecule has 0 bridgehead atoms. The van der Waals surface area contributed by atoms with E-state index in [-0.39, 0.29) is 23.9 Å². The van der Waals surface area contributed by atoms with Crippen LogP contribution in [0.5, 0.6) is 0 Å². The van der Waals surface area contributed by atoms with Gasteiger partial charge in [0, 0.05) is 19.6 Å². The van der Waals surface area contributed by atoms with Crippen LogP contribution in [0.2, 0.25) is 0 Å². The topological polar surface area (TPSA) is 91.6 Å². The van der Waals surface area contributed by atoms with E-state index >= 15 is 0 Å². The first-order valence-electron chi connectivity index (χ1n) is 9.75. The van der Waals surface area contributed by atoms with Crippen LogP contribution in [0.3, 0.4) is 0 Å². The van der Waals surface area contributed by atoms with E-state index in [1.807, 2.05) is 30.3 Å². The Kier molecular flexibility index (Phi) is 5.13. The highest BCUT2D eigenvalue weighted by Crippen LogP contribution is 2.27. The van der Waals surface area contributed by atoms with Crippen LogP contribution in [0.25, 0.3) is 0 Å². The molecule has 2 fully saturated rings. The first kappa shape index (κ1) is 18.6. The van der Waals surface area contributed by atoms with Gasteiger partial charge in [-0.05, 0) is 25.3 Å². The third-order valence-electron chi connectivity index (χ3n) is 5.56. The SMILES string of the molecule is CC(O)c1cn(C2CN(C(=O)C3CCCN3C(=O)Cc3ccccc3)C2)nn1. The number of hydrogen-bond donors (Lipinski definition) is 1. The number of benzene rings is 1. The summed E-state index contributed by atoms with van der Waals surface area (Å²) in [6, 6.07) is 9.34. The van der Waals surface area contributed by atoms with Crippen LogP contribution in [0.1, 0.15) is 43.2 Å². The van der Waals surface area contributed by atoms with Gasteiger partial charge >= 0.3 is 0 Å². The summed E-state index contributed by atoms with van der Waals surface area (Å²) in [5.41, 5.74) is 1.49. The molecule has 2 aliphatic heterocycles. The molecule has 2 amide bonds. The number of hydrogen-bond acceptors (Lipinski definition) is 5. The number of aromatic nitrogens is 3. The van der Waals surface area contributed by atoms with Gasteiger partial charge in [0.15, 0.2) is 0 Å². The van der Waals surface area contributed by atoms with E-state index in [0.29, 0.717) is 31.7 Å². The van der Waals surface area contributed by atoms with Crippen molar-refractivity contribution in [2.45, 2.75) is 44.4 Å². The van der Waals surface area contributed by atoms with Gasteiger partial charge in [0.1, 0.15) is 11.7 Å². The van der Waals surface area contributed by atoms with Crippen molar-refractivity contribution in [2.75, 3.05) is 19.6 Å². The zero-order valence-electron chi connectivity index (χ0n) is 15.9. The molecule has 3 heterocycles. The molecule has 2 saturated heterocycles. The molecule has 28 heavy (non-hydrogen) atoms. The Balaban J connectivity index is 1.34. The zero-order valence-corrected chi connectivity index (χ0v) is 15.9. The highest BCUT2D eigenvalue weighted by Gasteiger charge is 2.41. The summed E-state index contributed by atoms with van der Waals surface area (Å²) in [4.78, 5) is 29.2. The van der Waals surface area contributed by atoms with Gasteiger partial charge in [0.25, 0.3) is 0 Å². The molecule has 2 aliphatic rings. The lowest BCUT2D eigenvalue weighted by molar-refractivity contribution is -0.147. The number of carbonyl (C=O) groups excluding carboxylic acids is 2. The molecule has 4 rings (SSSR count). The Morgan fingerprint density at radius 2 is 2.00 bits per heavy atom. The number of nitrogens with zero attached hydrogens (tertiary/aromatic N) is 5. The lowest BCUT2D eigenvalue weighted by atomic mass is 10.1. The first-order chi connectivity index (χ1) is 13.5. The molecule has 8 nitrogen and oxygen atoms in total. The molecule has 8 heteroatoms. The Morgan fingerprint density at radius 1 is 1.25 bits per heavy atom. The quantitative estimate of drug-likeness (QED) is 0.830. The molecule has 2 unspecified atom stereocenters. The summed E-state index contributed by atoms with van der Waals surface area (Å²) in [7, 11) is 0. The fourth-order valence-corrected chi connectivity index (χ4v) is 3.87. The summed E-state index contributed by atoms with van der Waals surface area (Å²) in [6.45, 7) is 3.39. The second kappa shape index (κ2) is 7.71. The Morgan fingerprint density at radius 3 is 2.68 bits per heavy atom. The second-order valence-corrected chi connectivity index (χ2v) is 7.60. The molecular formula is C20H25N5O3. The van der Waals surface area contributed by atoms with E-state index < -0.39 is 6.10 Å². The predicted octanol–water partition coefficient (Wildman–Crippen LogP) is 0.948. The smallest absolute Gasteiger partial charge is 0.245 e. The van der Waals surface area contributed by atoms with E-state index in [1.54, 1.807) is 27.6 Å². The molecule has 0 radical (unpaired) electrons. The first-order valence-corrected chi connectivity index (χ1v) is 9.75. The van der Waals surface area contributed by atoms with Crippen molar-refractivity contribution in [3.8, 4) is 0 Å². The number of amides is 2. The van der Waals surface area contributed by atoms with Gasteiger partial charge in [-0.2, -0.15) is 0 Å². The Labute approximate surface area is 163 Å². The summed E-state index contributed by atoms with van der Waals surface area (Å²) in [6.07, 6.45) is 2.97. The van der Waals surface area contributed by atoms with Crippen molar-refractivity contribution in [3.05, 3.63) is 47.8 Å². The number of rotatable bonds is 5. The van der Waals surface area contributed by atoms with Crippen LogP contribution in [0.4, 0.5) is 0 Å². The molecule has 1 aromatic heterocycles. The largest absolute Gasteiger partial charge is 0.387 e.